The molecule has 0 heterocycles. The zero-order chi connectivity index (χ0) is 12.0. The van der Waals surface area contributed by atoms with E-state index in [-0.39, 0.29) is 0 Å². The average Bonchev–Trinajstić information content (AvgIpc) is 2.26. The first-order chi connectivity index (χ1) is 8.11. The van der Waals surface area contributed by atoms with Gasteiger partial charge in [-0.2, -0.15) is 0 Å². The van der Waals surface area contributed by atoms with E-state index in [0.717, 1.165) is 29.9 Å². The Morgan fingerprint density at radius 2 is 1.65 bits per heavy atom. The Labute approximate surface area is 106 Å². The van der Waals surface area contributed by atoms with Crippen molar-refractivity contribution in [1.82, 2.24) is 0 Å². The molecule has 1 nitrogen and oxygen atoms in total. The van der Waals surface area contributed by atoms with E-state index in [9.17, 15) is 0 Å². The minimum atomic E-state index is 0.392. The molecular formula is C16H26O. The Bertz CT molecular complexity index is 282. The van der Waals surface area contributed by atoms with Crippen molar-refractivity contribution in [3.63, 3.8) is 0 Å². The van der Waals surface area contributed by atoms with Crippen LogP contribution in [0.4, 0.5) is 0 Å². The summed E-state index contributed by atoms with van der Waals surface area (Å²) in [4.78, 5) is 0. The highest BCUT2D eigenvalue weighted by atomic mass is 16.5. The van der Waals surface area contributed by atoms with E-state index in [1.807, 2.05) is 0 Å². The molecule has 1 heteroatoms. The maximum Gasteiger partial charge on any atom is 0.101 e. The van der Waals surface area contributed by atoms with Crippen LogP contribution in [0.2, 0.25) is 0 Å². The summed E-state index contributed by atoms with van der Waals surface area (Å²) < 4.78 is 6.09. The summed E-state index contributed by atoms with van der Waals surface area (Å²) in [6.45, 7) is 8.45. The van der Waals surface area contributed by atoms with Gasteiger partial charge >= 0.3 is 0 Å². The molecule has 4 fully saturated rings. The van der Waals surface area contributed by atoms with E-state index >= 15 is 0 Å². The Hall–Kier alpha value is -0.460. The van der Waals surface area contributed by atoms with Gasteiger partial charge in [0.05, 0.1) is 5.76 Å². The van der Waals surface area contributed by atoms with Gasteiger partial charge in [-0.1, -0.05) is 13.5 Å². The van der Waals surface area contributed by atoms with Crippen LogP contribution >= 0.6 is 0 Å². The van der Waals surface area contributed by atoms with Crippen LogP contribution in [0.15, 0.2) is 12.3 Å². The Balaban J connectivity index is 1.75. The number of ether oxygens (including phenoxy) is 1. The molecular weight excluding hydrogens is 208 g/mol. The fraction of sp³-hybridized carbons (Fsp3) is 0.875. The average molecular weight is 234 g/mol. The molecule has 1 unspecified atom stereocenters. The first kappa shape index (κ1) is 11.6. The summed E-state index contributed by atoms with van der Waals surface area (Å²) in [6, 6.07) is 0. The molecule has 4 saturated carbocycles. The first-order valence-electron chi connectivity index (χ1n) is 7.45. The van der Waals surface area contributed by atoms with Gasteiger partial charge in [-0.3, -0.25) is 0 Å². The van der Waals surface area contributed by atoms with Crippen molar-refractivity contribution < 1.29 is 4.74 Å². The highest BCUT2D eigenvalue weighted by molar-refractivity contribution is 5.04. The monoisotopic (exact) mass is 234 g/mol. The molecule has 0 radical (unpaired) electrons. The third-order valence-electron chi connectivity index (χ3n) is 5.69. The van der Waals surface area contributed by atoms with Crippen LogP contribution in [0, 0.1) is 23.2 Å². The normalized spacial score (nSPS) is 44.7. The third-order valence-corrected chi connectivity index (χ3v) is 5.69. The van der Waals surface area contributed by atoms with Gasteiger partial charge in [0, 0.05) is 11.8 Å². The Kier molecular flexibility index (Phi) is 2.76. The van der Waals surface area contributed by atoms with Gasteiger partial charge in [-0.15, -0.1) is 0 Å². The highest BCUT2D eigenvalue weighted by Crippen LogP contribution is 2.61. The molecule has 17 heavy (non-hydrogen) atoms. The topological polar surface area (TPSA) is 9.23 Å². The maximum absolute atomic E-state index is 6.09. The summed E-state index contributed by atoms with van der Waals surface area (Å²) in [5, 5.41) is 0. The molecule has 0 aliphatic heterocycles. The van der Waals surface area contributed by atoms with Gasteiger partial charge in [-0.25, -0.2) is 0 Å². The van der Waals surface area contributed by atoms with Crippen LogP contribution in [-0.4, -0.2) is 6.10 Å². The summed E-state index contributed by atoms with van der Waals surface area (Å²) >= 11 is 0. The molecule has 4 bridgehead atoms. The van der Waals surface area contributed by atoms with Crippen LogP contribution in [0.3, 0.4) is 0 Å². The minimum Gasteiger partial charge on any atom is -0.495 e. The number of rotatable bonds is 4. The second-order valence-corrected chi connectivity index (χ2v) is 6.93. The number of allylic oxidation sites excluding steroid dienone is 1. The molecule has 0 aromatic rings. The van der Waals surface area contributed by atoms with Gasteiger partial charge in [0.1, 0.15) is 6.10 Å². The van der Waals surface area contributed by atoms with E-state index in [2.05, 4.69) is 20.4 Å². The van der Waals surface area contributed by atoms with Gasteiger partial charge in [-0.05, 0) is 63.2 Å². The predicted molar refractivity (Wildman–Crippen MR) is 70.6 cm³/mol. The molecule has 4 aliphatic carbocycles. The minimum absolute atomic E-state index is 0.392. The van der Waals surface area contributed by atoms with Crippen molar-refractivity contribution in [3.05, 3.63) is 12.3 Å². The van der Waals surface area contributed by atoms with Gasteiger partial charge in [0.25, 0.3) is 0 Å². The molecule has 4 aliphatic rings. The fourth-order valence-electron chi connectivity index (χ4n) is 5.13. The molecule has 96 valence electrons. The molecule has 0 aromatic heterocycles. The summed E-state index contributed by atoms with van der Waals surface area (Å²) in [5.74, 6) is 4.03. The Morgan fingerprint density at radius 1 is 1.18 bits per heavy atom. The van der Waals surface area contributed by atoms with Crippen LogP contribution in [0.25, 0.3) is 0 Å². The smallest absolute Gasteiger partial charge is 0.101 e. The standard InChI is InChI=1S/C16H26O/c1-4-11(2)17-12(3)16-8-13-5-14(9-16)7-15(6-13)10-16/h12-15H,2,4-10H2,1,3H3. The molecule has 0 amide bonds. The zero-order valence-corrected chi connectivity index (χ0v) is 11.4. The molecule has 4 rings (SSSR count). The van der Waals surface area contributed by atoms with Crippen molar-refractivity contribution in [2.45, 2.75) is 64.9 Å². The summed E-state index contributed by atoms with van der Waals surface area (Å²) in [7, 11) is 0. The second kappa shape index (κ2) is 4.03. The fourth-order valence-corrected chi connectivity index (χ4v) is 5.13. The quantitative estimate of drug-likeness (QED) is 0.649. The summed E-state index contributed by atoms with van der Waals surface area (Å²) in [5.41, 5.74) is 0.507. The first-order valence-corrected chi connectivity index (χ1v) is 7.45. The van der Waals surface area contributed by atoms with Crippen molar-refractivity contribution in [2.24, 2.45) is 23.2 Å². The lowest BCUT2D eigenvalue weighted by Gasteiger charge is -2.58. The lowest BCUT2D eigenvalue weighted by atomic mass is 9.48. The predicted octanol–water partition coefficient (Wildman–Crippen LogP) is 4.53. The van der Waals surface area contributed by atoms with Gasteiger partial charge in [0.2, 0.25) is 0 Å². The van der Waals surface area contributed by atoms with Crippen LogP contribution < -0.4 is 0 Å². The van der Waals surface area contributed by atoms with Crippen molar-refractivity contribution >= 4 is 0 Å². The molecule has 0 N–H and O–H groups in total. The summed E-state index contributed by atoms with van der Waals surface area (Å²) in [6.07, 6.45) is 10.2. The maximum atomic E-state index is 6.09. The SMILES string of the molecule is C=C(CC)OC(C)C12CC3CC(CC(C3)C1)C2. The van der Waals surface area contributed by atoms with Crippen LogP contribution in [-0.2, 0) is 4.74 Å². The van der Waals surface area contributed by atoms with E-state index in [1.165, 1.54) is 38.5 Å². The largest absolute Gasteiger partial charge is 0.495 e. The number of hydrogen-bond acceptors (Lipinski definition) is 1. The van der Waals surface area contributed by atoms with Crippen molar-refractivity contribution in [3.8, 4) is 0 Å². The van der Waals surface area contributed by atoms with E-state index in [4.69, 9.17) is 4.74 Å². The molecule has 0 aromatic carbocycles. The van der Waals surface area contributed by atoms with E-state index < -0.39 is 0 Å². The third kappa shape index (κ3) is 1.92. The molecule has 0 spiro atoms. The Morgan fingerprint density at radius 3 is 2.06 bits per heavy atom. The second-order valence-electron chi connectivity index (χ2n) is 6.93. The van der Waals surface area contributed by atoms with E-state index in [1.54, 1.807) is 0 Å². The lowest BCUT2D eigenvalue weighted by Crippen LogP contribution is -2.51. The lowest BCUT2D eigenvalue weighted by molar-refractivity contribution is -0.122. The van der Waals surface area contributed by atoms with Crippen LogP contribution in [0.1, 0.15) is 58.8 Å². The molecule has 0 saturated heterocycles. The van der Waals surface area contributed by atoms with Crippen LogP contribution in [0.5, 0.6) is 0 Å². The van der Waals surface area contributed by atoms with Gasteiger partial charge in [0.15, 0.2) is 0 Å². The highest BCUT2D eigenvalue weighted by Gasteiger charge is 2.53. The van der Waals surface area contributed by atoms with Crippen molar-refractivity contribution in [1.29, 1.82) is 0 Å². The number of hydrogen-bond donors (Lipinski definition) is 0. The molecule has 1 atom stereocenters. The zero-order valence-electron chi connectivity index (χ0n) is 11.4. The van der Waals surface area contributed by atoms with E-state index in [0.29, 0.717) is 11.5 Å². The van der Waals surface area contributed by atoms with Crippen molar-refractivity contribution in [2.75, 3.05) is 0 Å². The van der Waals surface area contributed by atoms with Gasteiger partial charge < -0.3 is 4.74 Å².